The SMILES string of the molecule is CCC(Oc1ccc(Cl)cc1Cl)[C@H]1CCNC1. The van der Waals surface area contributed by atoms with E-state index in [-0.39, 0.29) is 6.10 Å². The Morgan fingerprint density at radius 2 is 2.29 bits per heavy atom. The van der Waals surface area contributed by atoms with Crippen molar-refractivity contribution in [2.45, 2.75) is 25.9 Å². The standard InChI is InChI=1S/C13H17Cl2NO/c1-2-12(9-5-6-16-8-9)17-13-4-3-10(14)7-11(13)15/h3-4,7,9,12,16H,2,5-6,8H2,1H3/t9-,12?/m0/s1. The Labute approximate surface area is 112 Å². The number of hydrogen-bond donors (Lipinski definition) is 1. The van der Waals surface area contributed by atoms with Crippen molar-refractivity contribution >= 4 is 23.2 Å². The van der Waals surface area contributed by atoms with E-state index in [0.29, 0.717) is 16.0 Å². The third kappa shape index (κ3) is 3.27. The molecule has 4 heteroatoms. The van der Waals surface area contributed by atoms with Gasteiger partial charge in [0.15, 0.2) is 0 Å². The highest BCUT2D eigenvalue weighted by atomic mass is 35.5. The fourth-order valence-electron chi connectivity index (χ4n) is 2.24. The van der Waals surface area contributed by atoms with Gasteiger partial charge >= 0.3 is 0 Å². The van der Waals surface area contributed by atoms with Gasteiger partial charge in [-0.3, -0.25) is 0 Å². The third-order valence-corrected chi connectivity index (χ3v) is 3.73. The molecule has 1 N–H and O–H groups in total. The van der Waals surface area contributed by atoms with Crippen LogP contribution in [0.25, 0.3) is 0 Å². The Morgan fingerprint density at radius 3 is 2.88 bits per heavy atom. The normalized spacial score (nSPS) is 21.5. The van der Waals surface area contributed by atoms with Crippen LogP contribution in [-0.4, -0.2) is 19.2 Å². The molecule has 2 atom stereocenters. The van der Waals surface area contributed by atoms with Crippen molar-refractivity contribution in [3.8, 4) is 5.75 Å². The molecule has 1 fully saturated rings. The lowest BCUT2D eigenvalue weighted by atomic mass is 9.99. The Kier molecular flexibility index (Phi) is 4.55. The lowest BCUT2D eigenvalue weighted by Crippen LogP contribution is -2.28. The largest absolute Gasteiger partial charge is 0.489 e. The molecule has 1 heterocycles. The average Bonchev–Trinajstić information content (AvgIpc) is 2.81. The van der Waals surface area contributed by atoms with Gasteiger partial charge in [0.1, 0.15) is 11.9 Å². The van der Waals surface area contributed by atoms with Crippen LogP contribution < -0.4 is 10.1 Å². The fraction of sp³-hybridized carbons (Fsp3) is 0.538. The highest BCUT2D eigenvalue weighted by molar-refractivity contribution is 6.35. The van der Waals surface area contributed by atoms with E-state index >= 15 is 0 Å². The zero-order chi connectivity index (χ0) is 12.3. The van der Waals surface area contributed by atoms with Gasteiger partial charge < -0.3 is 10.1 Å². The highest BCUT2D eigenvalue weighted by Gasteiger charge is 2.25. The molecule has 1 saturated heterocycles. The summed E-state index contributed by atoms with van der Waals surface area (Å²) in [7, 11) is 0. The van der Waals surface area contributed by atoms with Crippen LogP contribution in [0.1, 0.15) is 19.8 Å². The molecule has 0 aliphatic carbocycles. The molecule has 0 amide bonds. The highest BCUT2D eigenvalue weighted by Crippen LogP contribution is 2.30. The third-order valence-electron chi connectivity index (χ3n) is 3.20. The first kappa shape index (κ1) is 13.0. The second-order valence-corrected chi connectivity index (χ2v) is 5.24. The van der Waals surface area contributed by atoms with Crippen LogP contribution >= 0.6 is 23.2 Å². The van der Waals surface area contributed by atoms with Crippen molar-refractivity contribution in [2.24, 2.45) is 5.92 Å². The van der Waals surface area contributed by atoms with Gasteiger partial charge in [-0.2, -0.15) is 0 Å². The molecular formula is C13H17Cl2NO. The predicted molar refractivity (Wildman–Crippen MR) is 72.1 cm³/mol. The molecule has 1 aromatic carbocycles. The van der Waals surface area contributed by atoms with Crippen LogP contribution in [0, 0.1) is 5.92 Å². The maximum Gasteiger partial charge on any atom is 0.138 e. The van der Waals surface area contributed by atoms with Gasteiger partial charge in [-0.25, -0.2) is 0 Å². The molecule has 2 nitrogen and oxygen atoms in total. The number of nitrogens with one attached hydrogen (secondary N) is 1. The number of halogens is 2. The number of rotatable bonds is 4. The van der Waals surface area contributed by atoms with Crippen molar-refractivity contribution in [3.05, 3.63) is 28.2 Å². The molecular weight excluding hydrogens is 257 g/mol. The predicted octanol–water partition coefficient (Wildman–Crippen LogP) is 3.76. The van der Waals surface area contributed by atoms with Gasteiger partial charge in [-0.1, -0.05) is 30.1 Å². The Balaban J connectivity index is 2.06. The Morgan fingerprint density at radius 1 is 1.47 bits per heavy atom. The maximum atomic E-state index is 6.11. The zero-order valence-electron chi connectivity index (χ0n) is 9.88. The van der Waals surface area contributed by atoms with Crippen molar-refractivity contribution in [2.75, 3.05) is 13.1 Å². The summed E-state index contributed by atoms with van der Waals surface area (Å²) in [6.07, 6.45) is 2.39. The van der Waals surface area contributed by atoms with E-state index in [4.69, 9.17) is 27.9 Å². The van der Waals surface area contributed by atoms with Crippen molar-refractivity contribution < 1.29 is 4.74 Å². The summed E-state index contributed by atoms with van der Waals surface area (Å²) in [6, 6.07) is 5.37. The average molecular weight is 274 g/mol. The minimum Gasteiger partial charge on any atom is -0.489 e. The maximum absolute atomic E-state index is 6.11. The van der Waals surface area contributed by atoms with Crippen LogP contribution in [0.4, 0.5) is 0 Å². The van der Waals surface area contributed by atoms with Crippen molar-refractivity contribution in [1.29, 1.82) is 0 Å². The van der Waals surface area contributed by atoms with Crippen LogP contribution in [0.3, 0.4) is 0 Å². The van der Waals surface area contributed by atoms with Gasteiger partial charge in [-0.15, -0.1) is 0 Å². The minimum atomic E-state index is 0.226. The second kappa shape index (κ2) is 5.94. The van der Waals surface area contributed by atoms with Gasteiger partial charge in [0.05, 0.1) is 5.02 Å². The summed E-state index contributed by atoms with van der Waals surface area (Å²) in [5.41, 5.74) is 0. The molecule has 2 rings (SSSR count). The molecule has 1 unspecified atom stereocenters. The second-order valence-electron chi connectivity index (χ2n) is 4.39. The minimum absolute atomic E-state index is 0.226. The quantitative estimate of drug-likeness (QED) is 0.902. The van der Waals surface area contributed by atoms with E-state index in [1.54, 1.807) is 6.07 Å². The van der Waals surface area contributed by atoms with Crippen LogP contribution in [0.2, 0.25) is 10.0 Å². The van der Waals surface area contributed by atoms with Gasteiger partial charge in [0.2, 0.25) is 0 Å². The Bertz CT molecular complexity index is 378. The number of hydrogen-bond acceptors (Lipinski definition) is 2. The number of benzene rings is 1. The first-order valence-corrected chi connectivity index (χ1v) is 6.78. The summed E-state index contributed by atoms with van der Waals surface area (Å²) in [5, 5.41) is 4.58. The number of ether oxygens (including phenoxy) is 1. The molecule has 0 radical (unpaired) electrons. The van der Waals surface area contributed by atoms with Crippen LogP contribution in [0.15, 0.2) is 18.2 Å². The van der Waals surface area contributed by atoms with E-state index in [2.05, 4.69) is 12.2 Å². The van der Waals surface area contributed by atoms with Crippen molar-refractivity contribution in [3.63, 3.8) is 0 Å². The topological polar surface area (TPSA) is 21.3 Å². The molecule has 17 heavy (non-hydrogen) atoms. The molecule has 1 aromatic rings. The first-order chi connectivity index (χ1) is 8.20. The van der Waals surface area contributed by atoms with E-state index in [9.17, 15) is 0 Å². The Hall–Kier alpha value is -0.440. The van der Waals surface area contributed by atoms with E-state index < -0.39 is 0 Å². The van der Waals surface area contributed by atoms with Crippen molar-refractivity contribution in [1.82, 2.24) is 5.32 Å². The van der Waals surface area contributed by atoms with Crippen LogP contribution in [-0.2, 0) is 0 Å². The van der Waals surface area contributed by atoms with Crippen LogP contribution in [0.5, 0.6) is 5.75 Å². The summed E-state index contributed by atoms with van der Waals surface area (Å²) < 4.78 is 6.00. The monoisotopic (exact) mass is 273 g/mol. The van der Waals surface area contributed by atoms with Gasteiger partial charge in [0, 0.05) is 17.5 Å². The summed E-state index contributed by atoms with van der Waals surface area (Å²) in [6.45, 7) is 4.26. The molecule has 94 valence electrons. The first-order valence-electron chi connectivity index (χ1n) is 6.03. The van der Waals surface area contributed by atoms with E-state index in [1.165, 1.54) is 6.42 Å². The molecule has 0 saturated carbocycles. The fourth-order valence-corrected chi connectivity index (χ4v) is 2.69. The van der Waals surface area contributed by atoms with Gasteiger partial charge in [0.25, 0.3) is 0 Å². The lowest BCUT2D eigenvalue weighted by Gasteiger charge is -2.23. The summed E-state index contributed by atoms with van der Waals surface area (Å²) in [4.78, 5) is 0. The molecule has 1 aliphatic heterocycles. The summed E-state index contributed by atoms with van der Waals surface area (Å²) >= 11 is 12.0. The molecule has 0 spiro atoms. The van der Waals surface area contributed by atoms with E-state index in [0.717, 1.165) is 25.3 Å². The summed E-state index contributed by atoms with van der Waals surface area (Å²) in [5.74, 6) is 1.31. The molecule has 1 aliphatic rings. The lowest BCUT2D eigenvalue weighted by molar-refractivity contribution is 0.138. The zero-order valence-corrected chi connectivity index (χ0v) is 11.4. The van der Waals surface area contributed by atoms with E-state index in [1.807, 2.05) is 12.1 Å². The molecule has 0 bridgehead atoms. The van der Waals surface area contributed by atoms with Gasteiger partial charge in [-0.05, 0) is 37.6 Å². The smallest absolute Gasteiger partial charge is 0.138 e. The molecule has 0 aromatic heterocycles.